The number of hydrogen-bond donors (Lipinski definition) is 3. The third-order valence-corrected chi connectivity index (χ3v) is 6.86. The van der Waals surface area contributed by atoms with Crippen LogP contribution in [0.15, 0.2) is 48.5 Å². The number of hydrogen-bond acceptors (Lipinski definition) is 2. The van der Waals surface area contributed by atoms with E-state index in [1.165, 1.54) is 40.6 Å². The lowest BCUT2D eigenvalue weighted by Gasteiger charge is -2.37. The number of aromatic nitrogens is 1. The van der Waals surface area contributed by atoms with Crippen LogP contribution in [0, 0.1) is 5.92 Å². The number of halogens is 1. The summed E-state index contributed by atoms with van der Waals surface area (Å²) in [6.45, 7) is 2.18. The second-order valence-corrected chi connectivity index (χ2v) is 8.98. The molecule has 3 nitrogen and oxygen atoms in total. The first kappa shape index (κ1) is 18.2. The Balaban J connectivity index is 1.47. The highest BCUT2D eigenvalue weighted by atomic mass is 35.5. The predicted molar refractivity (Wildman–Crippen MR) is 117 cm³/mol. The summed E-state index contributed by atoms with van der Waals surface area (Å²) in [4.78, 5) is 3.69. The summed E-state index contributed by atoms with van der Waals surface area (Å²) in [7, 11) is 0. The van der Waals surface area contributed by atoms with Gasteiger partial charge in [0.15, 0.2) is 0 Å². The fraction of sp³-hybridized carbons (Fsp3) is 0.417. The van der Waals surface area contributed by atoms with E-state index >= 15 is 0 Å². The zero-order valence-corrected chi connectivity index (χ0v) is 16.9. The van der Waals surface area contributed by atoms with Crippen LogP contribution in [0.4, 0.5) is 0 Å². The molecule has 0 saturated heterocycles. The van der Waals surface area contributed by atoms with Gasteiger partial charge in [0.05, 0.1) is 0 Å². The average molecular weight is 394 g/mol. The van der Waals surface area contributed by atoms with Crippen LogP contribution in [0.1, 0.15) is 47.9 Å². The number of nitrogens with two attached hydrogens (primary N) is 1. The van der Waals surface area contributed by atoms with E-state index in [1.54, 1.807) is 0 Å². The van der Waals surface area contributed by atoms with E-state index in [4.69, 9.17) is 17.3 Å². The van der Waals surface area contributed by atoms with Gasteiger partial charge in [-0.15, -0.1) is 0 Å². The van der Waals surface area contributed by atoms with Crippen LogP contribution in [0.2, 0.25) is 5.02 Å². The van der Waals surface area contributed by atoms with Crippen molar-refractivity contribution in [3.05, 3.63) is 70.4 Å². The van der Waals surface area contributed by atoms with Crippen LogP contribution in [-0.4, -0.2) is 24.1 Å². The van der Waals surface area contributed by atoms with Crippen molar-refractivity contribution in [2.75, 3.05) is 13.1 Å². The van der Waals surface area contributed by atoms with E-state index in [0.29, 0.717) is 11.8 Å². The van der Waals surface area contributed by atoms with Crippen molar-refractivity contribution in [3.8, 4) is 0 Å². The lowest BCUT2D eigenvalue weighted by atomic mass is 9.71. The standard InChI is InChI=1S/C24H28ClN3/c25-17-9-7-16(8-10-17)20-13-22-23(18-3-1-2-4-21(18)28-22)19(24(20)26)11-12-27-14-15-5-6-15/h1-4,7-10,15,19-20,24,27-28H,5-6,11-14,26H2/t19-,20-,24+/m1/s1. The highest BCUT2D eigenvalue weighted by Gasteiger charge is 2.37. The summed E-state index contributed by atoms with van der Waals surface area (Å²) in [6, 6.07) is 17.0. The van der Waals surface area contributed by atoms with E-state index in [9.17, 15) is 0 Å². The average Bonchev–Trinajstić information content (AvgIpc) is 3.46. The topological polar surface area (TPSA) is 53.8 Å². The van der Waals surface area contributed by atoms with Crippen molar-refractivity contribution in [1.82, 2.24) is 10.3 Å². The molecule has 0 radical (unpaired) electrons. The van der Waals surface area contributed by atoms with Crippen LogP contribution in [0.25, 0.3) is 10.9 Å². The van der Waals surface area contributed by atoms with Crippen LogP contribution in [0.3, 0.4) is 0 Å². The van der Waals surface area contributed by atoms with Gasteiger partial charge in [0.25, 0.3) is 0 Å². The Morgan fingerprint density at radius 2 is 1.86 bits per heavy atom. The molecule has 1 saturated carbocycles. The SMILES string of the molecule is N[C@@H]1[C@@H](c2ccc(Cl)cc2)Cc2[nH]c3ccccc3c2[C@H]1CCNCC1CC1. The van der Waals surface area contributed by atoms with Gasteiger partial charge in [0.1, 0.15) is 0 Å². The first-order valence-electron chi connectivity index (χ1n) is 10.5. The molecule has 4 N–H and O–H groups in total. The number of nitrogens with one attached hydrogen (secondary N) is 2. The fourth-order valence-electron chi connectivity index (χ4n) is 4.91. The number of benzene rings is 2. The van der Waals surface area contributed by atoms with Crippen molar-refractivity contribution in [2.45, 2.75) is 43.6 Å². The van der Waals surface area contributed by atoms with E-state index in [-0.39, 0.29) is 6.04 Å². The van der Waals surface area contributed by atoms with Crippen molar-refractivity contribution >= 4 is 22.5 Å². The molecule has 0 unspecified atom stereocenters. The van der Waals surface area contributed by atoms with Gasteiger partial charge in [0.2, 0.25) is 0 Å². The molecule has 0 aliphatic heterocycles. The molecule has 3 atom stereocenters. The zero-order valence-electron chi connectivity index (χ0n) is 16.1. The molecule has 5 rings (SSSR count). The maximum Gasteiger partial charge on any atom is 0.0459 e. The first-order valence-corrected chi connectivity index (χ1v) is 10.9. The summed E-state index contributed by atoms with van der Waals surface area (Å²) in [5.74, 6) is 1.57. The van der Waals surface area contributed by atoms with Crippen LogP contribution in [-0.2, 0) is 6.42 Å². The summed E-state index contributed by atoms with van der Waals surface area (Å²) < 4.78 is 0. The van der Waals surface area contributed by atoms with Gasteiger partial charge in [-0.25, -0.2) is 0 Å². The number of fused-ring (bicyclic) bond motifs is 3. The number of para-hydroxylation sites is 1. The van der Waals surface area contributed by atoms with Gasteiger partial charge in [-0.05, 0) is 74.0 Å². The second-order valence-electron chi connectivity index (χ2n) is 8.54. The van der Waals surface area contributed by atoms with E-state index in [2.05, 4.69) is 46.7 Å². The van der Waals surface area contributed by atoms with E-state index < -0.39 is 0 Å². The number of rotatable bonds is 6. The molecular formula is C24H28ClN3. The Kier molecular flexibility index (Phi) is 4.92. The smallest absolute Gasteiger partial charge is 0.0459 e. The molecule has 0 amide bonds. The second kappa shape index (κ2) is 7.55. The molecule has 2 aromatic carbocycles. The van der Waals surface area contributed by atoms with E-state index in [1.807, 2.05) is 12.1 Å². The van der Waals surface area contributed by atoms with Gasteiger partial charge in [0, 0.05) is 39.5 Å². The molecule has 2 aliphatic carbocycles. The van der Waals surface area contributed by atoms with Crippen molar-refractivity contribution in [1.29, 1.82) is 0 Å². The van der Waals surface area contributed by atoms with Crippen molar-refractivity contribution in [2.24, 2.45) is 11.7 Å². The molecule has 1 fully saturated rings. The van der Waals surface area contributed by atoms with Gasteiger partial charge >= 0.3 is 0 Å². The Bertz CT molecular complexity index is 958. The summed E-state index contributed by atoms with van der Waals surface area (Å²) in [6.07, 6.45) is 4.81. The summed E-state index contributed by atoms with van der Waals surface area (Å²) in [5.41, 5.74) is 12.3. The third kappa shape index (κ3) is 3.47. The Labute approximate surface area is 171 Å². The molecule has 0 bridgehead atoms. The van der Waals surface area contributed by atoms with Crippen molar-refractivity contribution < 1.29 is 0 Å². The number of H-pyrrole nitrogens is 1. The van der Waals surface area contributed by atoms with Gasteiger partial charge in [-0.2, -0.15) is 0 Å². The molecule has 3 aromatic rings. The molecule has 1 aromatic heterocycles. The number of aromatic amines is 1. The highest BCUT2D eigenvalue weighted by molar-refractivity contribution is 6.30. The lowest BCUT2D eigenvalue weighted by molar-refractivity contribution is 0.391. The third-order valence-electron chi connectivity index (χ3n) is 6.61. The van der Waals surface area contributed by atoms with Crippen LogP contribution >= 0.6 is 11.6 Å². The van der Waals surface area contributed by atoms with E-state index in [0.717, 1.165) is 36.9 Å². The molecule has 0 spiro atoms. The van der Waals surface area contributed by atoms with Crippen LogP contribution < -0.4 is 11.1 Å². The Morgan fingerprint density at radius 1 is 1.07 bits per heavy atom. The largest absolute Gasteiger partial charge is 0.358 e. The quantitative estimate of drug-likeness (QED) is 0.518. The van der Waals surface area contributed by atoms with Gasteiger partial charge < -0.3 is 16.0 Å². The summed E-state index contributed by atoms with van der Waals surface area (Å²) in [5, 5.41) is 5.79. The van der Waals surface area contributed by atoms with Gasteiger partial charge in [-0.3, -0.25) is 0 Å². The fourth-order valence-corrected chi connectivity index (χ4v) is 5.03. The molecule has 4 heteroatoms. The predicted octanol–water partition coefficient (Wildman–Crippen LogP) is 4.96. The molecular weight excluding hydrogens is 366 g/mol. The zero-order chi connectivity index (χ0) is 19.1. The molecule has 146 valence electrons. The van der Waals surface area contributed by atoms with Gasteiger partial charge in [-0.1, -0.05) is 41.9 Å². The minimum atomic E-state index is 0.107. The monoisotopic (exact) mass is 393 g/mol. The van der Waals surface area contributed by atoms with Crippen molar-refractivity contribution in [3.63, 3.8) is 0 Å². The maximum absolute atomic E-state index is 6.94. The molecule has 1 heterocycles. The Hall–Kier alpha value is -1.81. The molecule has 2 aliphatic rings. The summed E-state index contributed by atoms with van der Waals surface area (Å²) >= 11 is 6.12. The van der Waals surface area contributed by atoms with Crippen LogP contribution in [0.5, 0.6) is 0 Å². The Morgan fingerprint density at radius 3 is 2.64 bits per heavy atom. The first-order chi connectivity index (χ1) is 13.7. The molecule has 28 heavy (non-hydrogen) atoms. The minimum absolute atomic E-state index is 0.107. The highest BCUT2D eigenvalue weighted by Crippen LogP contribution is 2.44. The normalized spacial score (nSPS) is 24.4. The minimum Gasteiger partial charge on any atom is -0.358 e. The lowest BCUT2D eigenvalue weighted by Crippen LogP contribution is -2.41. The maximum atomic E-state index is 6.94.